The van der Waals surface area contributed by atoms with Gasteiger partial charge in [0.1, 0.15) is 6.10 Å². The summed E-state index contributed by atoms with van der Waals surface area (Å²) in [5.41, 5.74) is 0.596. The molecule has 1 heterocycles. The van der Waals surface area contributed by atoms with Crippen LogP contribution in [-0.2, 0) is 16.0 Å². The summed E-state index contributed by atoms with van der Waals surface area (Å²) < 4.78 is 5.79. The second-order valence-electron chi connectivity index (χ2n) is 7.43. The lowest BCUT2D eigenvalue weighted by molar-refractivity contribution is -0.152. The Morgan fingerprint density at radius 3 is 2.88 bits per heavy atom. The summed E-state index contributed by atoms with van der Waals surface area (Å²) >= 11 is 1.24. The summed E-state index contributed by atoms with van der Waals surface area (Å²) in [6.45, 7) is 8.66. The number of thioether (sulfide) groups is 1. The average Bonchev–Trinajstić information content (AvgIpc) is 2.52. The Labute approximate surface area is 154 Å². The van der Waals surface area contributed by atoms with Gasteiger partial charge < -0.3 is 9.72 Å². The second kappa shape index (κ2) is 9.41. The maximum Gasteiger partial charge on any atom is 0.316 e. The first kappa shape index (κ1) is 20.0. The highest BCUT2D eigenvalue weighted by atomic mass is 32.2. The van der Waals surface area contributed by atoms with E-state index in [-0.39, 0.29) is 23.4 Å². The largest absolute Gasteiger partial charge is 0.461 e. The maximum absolute atomic E-state index is 12.3. The van der Waals surface area contributed by atoms with Gasteiger partial charge in [-0.05, 0) is 37.0 Å². The normalized spacial score (nSPS) is 23.6. The first-order chi connectivity index (χ1) is 11.9. The third kappa shape index (κ3) is 6.17. The van der Waals surface area contributed by atoms with Crippen LogP contribution in [0.4, 0.5) is 0 Å². The van der Waals surface area contributed by atoms with Gasteiger partial charge in [0, 0.05) is 11.8 Å². The lowest BCUT2D eigenvalue weighted by atomic mass is 9.75. The first-order valence-electron chi connectivity index (χ1n) is 9.31. The Kier molecular flexibility index (Phi) is 7.54. The van der Waals surface area contributed by atoms with Crippen LogP contribution in [0.3, 0.4) is 0 Å². The topological polar surface area (TPSA) is 72.0 Å². The fraction of sp³-hybridized carbons (Fsp3) is 0.737. The van der Waals surface area contributed by atoms with Crippen LogP contribution in [0.15, 0.2) is 16.0 Å². The third-order valence-electron chi connectivity index (χ3n) is 4.85. The van der Waals surface area contributed by atoms with Gasteiger partial charge in [-0.3, -0.25) is 9.59 Å². The maximum atomic E-state index is 12.3. The van der Waals surface area contributed by atoms with Gasteiger partial charge in [0.05, 0.1) is 5.75 Å². The molecular formula is C19H30N2O3S. The minimum Gasteiger partial charge on any atom is -0.461 e. The molecule has 3 unspecified atom stereocenters. The van der Waals surface area contributed by atoms with Crippen molar-refractivity contribution in [3.05, 3.63) is 22.1 Å². The van der Waals surface area contributed by atoms with Crippen molar-refractivity contribution >= 4 is 17.7 Å². The quantitative estimate of drug-likeness (QED) is 0.451. The van der Waals surface area contributed by atoms with Crippen molar-refractivity contribution in [3.63, 3.8) is 0 Å². The minimum atomic E-state index is -0.224. The highest BCUT2D eigenvalue weighted by Gasteiger charge is 2.33. The second-order valence-corrected chi connectivity index (χ2v) is 8.40. The van der Waals surface area contributed by atoms with Crippen LogP contribution < -0.4 is 5.56 Å². The van der Waals surface area contributed by atoms with E-state index in [1.807, 2.05) is 6.92 Å². The molecule has 1 N–H and O–H groups in total. The SMILES string of the molecule is CCCc1cc(=O)[nH]c(SCC(=O)OC2CC(C)CCC2C(C)C)n1. The molecule has 1 aromatic heterocycles. The zero-order valence-corrected chi connectivity index (χ0v) is 16.5. The van der Waals surface area contributed by atoms with Crippen LogP contribution in [-0.4, -0.2) is 27.8 Å². The van der Waals surface area contributed by atoms with Crippen molar-refractivity contribution in [2.45, 2.75) is 71.1 Å². The van der Waals surface area contributed by atoms with E-state index in [0.29, 0.717) is 22.9 Å². The van der Waals surface area contributed by atoms with Crippen molar-refractivity contribution in [1.29, 1.82) is 0 Å². The van der Waals surface area contributed by atoms with Gasteiger partial charge >= 0.3 is 5.97 Å². The highest BCUT2D eigenvalue weighted by molar-refractivity contribution is 7.99. The van der Waals surface area contributed by atoms with Crippen molar-refractivity contribution in [2.75, 3.05) is 5.75 Å². The fourth-order valence-electron chi connectivity index (χ4n) is 3.52. The number of rotatable bonds is 7. The summed E-state index contributed by atoms with van der Waals surface area (Å²) in [6, 6.07) is 1.52. The number of hydrogen-bond donors (Lipinski definition) is 1. The molecular weight excluding hydrogens is 336 g/mol. The van der Waals surface area contributed by atoms with E-state index in [4.69, 9.17) is 4.74 Å². The zero-order chi connectivity index (χ0) is 18.4. The minimum absolute atomic E-state index is 0.00952. The van der Waals surface area contributed by atoms with E-state index in [2.05, 4.69) is 30.7 Å². The fourth-order valence-corrected chi connectivity index (χ4v) is 4.19. The van der Waals surface area contributed by atoms with Crippen LogP contribution in [0, 0.1) is 17.8 Å². The molecule has 3 atom stereocenters. The number of nitrogens with zero attached hydrogens (tertiary/aromatic N) is 1. The van der Waals surface area contributed by atoms with Gasteiger partial charge in [-0.1, -0.05) is 52.3 Å². The van der Waals surface area contributed by atoms with Crippen LogP contribution in [0.5, 0.6) is 0 Å². The molecule has 6 heteroatoms. The molecule has 1 aromatic rings. The molecule has 0 bridgehead atoms. The molecule has 0 radical (unpaired) electrons. The van der Waals surface area contributed by atoms with E-state index < -0.39 is 0 Å². The van der Waals surface area contributed by atoms with Crippen molar-refractivity contribution in [1.82, 2.24) is 9.97 Å². The number of aryl methyl sites for hydroxylation is 1. The molecule has 1 aliphatic carbocycles. The molecule has 0 aromatic carbocycles. The lowest BCUT2D eigenvalue weighted by Gasteiger charge is -2.36. The number of H-pyrrole nitrogens is 1. The lowest BCUT2D eigenvalue weighted by Crippen LogP contribution is -2.36. The number of nitrogens with one attached hydrogen (secondary N) is 1. The van der Waals surface area contributed by atoms with E-state index in [1.165, 1.54) is 24.2 Å². The van der Waals surface area contributed by atoms with Gasteiger partial charge in [0.2, 0.25) is 0 Å². The summed E-state index contributed by atoms with van der Waals surface area (Å²) in [5.74, 6) is 1.51. The smallest absolute Gasteiger partial charge is 0.316 e. The van der Waals surface area contributed by atoms with Gasteiger partial charge in [0.15, 0.2) is 5.16 Å². The highest BCUT2D eigenvalue weighted by Crippen LogP contribution is 2.35. The monoisotopic (exact) mass is 366 g/mol. The van der Waals surface area contributed by atoms with Gasteiger partial charge in [-0.25, -0.2) is 4.98 Å². The van der Waals surface area contributed by atoms with Gasteiger partial charge in [-0.2, -0.15) is 0 Å². The number of aromatic nitrogens is 2. The Bertz CT molecular complexity index is 629. The summed E-state index contributed by atoms with van der Waals surface area (Å²) in [5, 5.41) is 0.491. The average molecular weight is 367 g/mol. The Hall–Kier alpha value is -1.30. The van der Waals surface area contributed by atoms with E-state index in [9.17, 15) is 9.59 Å². The molecule has 0 aliphatic heterocycles. The van der Waals surface area contributed by atoms with E-state index in [1.54, 1.807) is 0 Å². The summed E-state index contributed by atoms with van der Waals surface area (Å²) in [6.07, 6.45) is 4.98. The number of hydrogen-bond acceptors (Lipinski definition) is 5. The van der Waals surface area contributed by atoms with Gasteiger partial charge in [0.25, 0.3) is 5.56 Å². The zero-order valence-electron chi connectivity index (χ0n) is 15.7. The van der Waals surface area contributed by atoms with Crippen LogP contribution in [0.25, 0.3) is 0 Å². The predicted octanol–water partition coefficient (Wildman–Crippen LogP) is 3.82. The summed E-state index contributed by atoms with van der Waals surface area (Å²) in [4.78, 5) is 31.1. The van der Waals surface area contributed by atoms with Crippen molar-refractivity contribution < 1.29 is 9.53 Å². The molecule has 140 valence electrons. The van der Waals surface area contributed by atoms with E-state index in [0.717, 1.165) is 31.4 Å². The molecule has 5 nitrogen and oxygen atoms in total. The van der Waals surface area contributed by atoms with Crippen LogP contribution in [0.1, 0.15) is 59.1 Å². The van der Waals surface area contributed by atoms with Crippen molar-refractivity contribution in [3.8, 4) is 0 Å². The number of aromatic amines is 1. The van der Waals surface area contributed by atoms with Gasteiger partial charge in [-0.15, -0.1) is 0 Å². The molecule has 25 heavy (non-hydrogen) atoms. The van der Waals surface area contributed by atoms with E-state index >= 15 is 0 Å². The number of ether oxygens (including phenoxy) is 1. The van der Waals surface area contributed by atoms with Crippen LogP contribution in [0.2, 0.25) is 0 Å². The Morgan fingerprint density at radius 1 is 1.44 bits per heavy atom. The first-order valence-corrected chi connectivity index (χ1v) is 10.3. The molecule has 2 rings (SSSR count). The molecule has 0 spiro atoms. The summed E-state index contributed by atoms with van der Waals surface area (Å²) in [7, 11) is 0. The van der Waals surface area contributed by atoms with Crippen LogP contribution >= 0.6 is 11.8 Å². The Morgan fingerprint density at radius 2 is 2.20 bits per heavy atom. The molecule has 0 saturated heterocycles. The molecule has 1 aliphatic rings. The number of esters is 1. The predicted molar refractivity (Wildman–Crippen MR) is 101 cm³/mol. The molecule has 0 amide bonds. The molecule has 1 fully saturated rings. The van der Waals surface area contributed by atoms with Crippen molar-refractivity contribution in [2.24, 2.45) is 17.8 Å². The number of carbonyl (C=O) groups is 1. The number of carbonyl (C=O) groups excluding carboxylic acids is 1. The molecule has 1 saturated carbocycles. The third-order valence-corrected chi connectivity index (χ3v) is 5.70. The Balaban J connectivity index is 1.92. The standard InChI is InChI=1S/C19H30N2O3S/c1-5-6-14-10-17(22)21-19(20-14)25-11-18(23)24-16-9-13(4)7-8-15(16)12(2)3/h10,12-13,15-16H,5-9,11H2,1-4H3,(H,20,21,22).